The molecule has 1 amide bonds. The first-order valence-corrected chi connectivity index (χ1v) is 7.60. The van der Waals surface area contributed by atoms with Crippen molar-refractivity contribution in [2.45, 2.75) is 33.3 Å². The summed E-state index contributed by atoms with van der Waals surface area (Å²) in [6, 6.07) is 11.2. The predicted octanol–water partition coefficient (Wildman–Crippen LogP) is 4.02. The minimum absolute atomic E-state index is 0.107. The van der Waals surface area contributed by atoms with Gasteiger partial charge in [0, 0.05) is 11.3 Å². The number of phenolic OH excluding ortho intramolecular Hbond substituents is 1. The molecule has 0 aliphatic rings. The molecule has 0 aromatic heterocycles. The van der Waals surface area contributed by atoms with E-state index in [0.717, 1.165) is 0 Å². The van der Waals surface area contributed by atoms with E-state index >= 15 is 0 Å². The van der Waals surface area contributed by atoms with Crippen molar-refractivity contribution in [3.05, 3.63) is 53.6 Å². The lowest BCUT2D eigenvalue weighted by atomic mass is 10.1. The maximum absolute atomic E-state index is 12.3. The molecule has 0 saturated heterocycles. The third-order valence-corrected chi connectivity index (χ3v) is 3.17. The number of carbonyl (C=O) groups is 2. The topological polar surface area (TPSA) is 75.6 Å². The highest BCUT2D eigenvalue weighted by atomic mass is 16.5. The lowest BCUT2D eigenvalue weighted by Crippen LogP contribution is -2.23. The number of ketones is 1. The fourth-order valence-corrected chi connectivity index (χ4v) is 2.13. The zero-order valence-corrected chi connectivity index (χ0v) is 14.2. The van der Waals surface area contributed by atoms with Crippen molar-refractivity contribution in [1.82, 2.24) is 0 Å². The molecule has 24 heavy (non-hydrogen) atoms. The van der Waals surface area contributed by atoms with Gasteiger partial charge < -0.3 is 15.2 Å². The summed E-state index contributed by atoms with van der Waals surface area (Å²) in [5, 5.41) is 12.3. The van der Waals surface area contributed by atoms with Gasteiger partial charge in [0.2, 0.25) is 0 Å². The first-order chi connectivity index (χ1) is 11.2. The second-order valence-corrected chi connectivity index (χ2v) is 6.48. The lowest BCUT2D eigenvalue weighted by molar-refractivity contribution is 0.100. The van der Waals surface area contributed by atoms with E-state index in [2.05, 4.69) is 5.32 Å². The van der Waals surface area contributed by atoms with Gasteiger partial charge in [-0.05, 0) is 70.2 Å². The van der Waals surface area contributed by atoms with Crippen molar-refractivity contribution in [3.8, 4) is 11.5 Å². The maximum Gasteiger partial charge on any atom is 0.255 e. The molecule has 0 fully saturated rings. The number of benzene rings is 2. The molecule has 0 radical (unpaired) electrons. The standard InChI is InChI=1S/C19H21NO4/c1-12(21)16-11-14(7-10-17(16)22)20-18(23)13-5-8-15(9-6-13)24-19(2,3)4/h5-11,22H,1-4H3,(H,20,23). The lowest BCUT2D eigenvalue weighted by Gasteiger charge is -2.21. The summed E-state index contributed by atoms with van der Waals surface area (Å²) in [5.41, 5.74) is 0.771. The Labute approximate surface area is 141 Å². The summed E-state index contributed by atoms with van der Waals surface area (Å²) < 4.78 is 5.71. The highest BCUT2D eigenvalue weighted by molar-refractivity contribution is 6.05. The summed E-state index contributed by atoms with van der Waals surface area (Å²) in [4.78, 5) is 23.7. The quantitative estimate of drug-likeness (QED) is 0.657. The van der Waals surface area contributed by atoms with Crippen LogP contribution in [0.1, 0.15) is 48.4 Å². The first kappa shape index (κ1) is 17.5. The zero-order valence-electron chi connectivity index (χ0n) is 14.2. The van der Waals surface area contributed by atoms with Crippen molar-refractivity contribution >= 4 is 17.4 Å². The molecule has 126 valence electrons. The van der Waals surface area contributed by atoms with Gasteiger partial charge in [0.05, 0.1) is 5.56 Å². The van der Waals surface area contributed by atoms with Crippen molar-refractivity contribution in [3.63, 3.8) is 0 Å². The van der Waals surface area contributed by atoms with Crippen LogP contribution in [0.25, 0.3) is 0 Å². The Morgan fingerprint density at radius 1 is 1.04 bits per heavy atom. The summed E-state index contributed by atoms with van der Waals surface area (Å²) in [6.45, 7) is 7.20. The number of anilines is 1. The average molecular weight is 327 g/mol. The highest BCUT2D eigenvalue weighted by Crippen LogP contribution is 2.23. The molecule has 0 atom stereocenters. The SMILES string of the molecule is CC(=O)c1cc(NC(=O)c2ccc(OC(C)(C)C)cc2)ccc1O. The molecular formula is C19H21NO4. The van der Waals surface area contributed by atoms with Crippen LogP contribution in [-0.4, -0.2) is 22.4 Å². The van der Waals surface area contributed by atoms with Gasteiger partial charge in [-0.3, -0.25) is 9.59 Å². The van der Waals surface area contributed by atoms with E-state index in [4.69, 9.17) is 4.74 Å². The molecule has 2 rings (SSSR count). The van der Waals surface area contributed by atoms with Gasteiger partial charge in [-0.2, -0.15) is 0 Å². The van der Waals surface area contributed by atoms with Crippen LogP contribution in [0, 0.1) is 0 Å². The maximum atomic E-state index is 12.3. The van der Waals surface area contributed by atoms with Crippen LogP contribution in [-0.2, 0) is 0 Å². The van der Waals surface area contributed by atoms with E-state index in [1.54, 1.807) is 24.3 Å². The Hall–Kier alpha value is -2.82. The van der Waals surface area contributed by atoms with Gasteiger partial charge in [-0.15, -0.1) is 0 Å². The normalized spacial score (nSPS) is 11.0. The molecular weight excluding hydrogens is 306 g/mol. The Morgan fingerprint density at radius 3 is 2.21 bits per heavy atom. The third-order valence-electron chi connectivity index (χ3n) is 3.17. The molecule has 5 nitrogen and oxygen atoms in total. The number of amides is 1. The molecule has 0 spiro atoms. The number of rotatable bonds is 4. The van der Waals surface area contributed by atoms with E-state index < -0.39 is 0 Å². The Morgan fingerprint density at radius 2 is 1.67 bits per heavy atom. The highest BCUT2D eigenvalue weighted by Gasteiger charge is 2.13. The molecule has 2 aromatic rings. The number of aromatic hydroxyl groups is 1. The molecule has 5 heteroatoms. The smallest absolute Gasteiger partial charge is 0.255 e. The van der Waals surface area contributed by atoms with Crippen molar-refractivity contribution < 1.29 is 19.4 Å². The Kier molecular flexibility index (Phi) is 4.93. The molecule has 0 aliphatic heterocycles. The fraction of sp³-hybridized carbons (Fsp3) is 0.263. The van der Waals surface area contributed by atoms with E-state index in [0.29, 0.717) is 17.0 Å². The number of hydrogen-bond acceptors (Lipinski definition) is 4. The molecule has 2 N–H and O–H groups in total. The number of phenols is 1. The van der Waals surface area contributed by atoms with Crippen molar-refractivity contribution in [1.29, 1.82) is 0 Å². The van der Waals surface area contributed by atoms with Crippen LogP contribution in [0.15, 0.2) is 42.5 Å². The van der Waals surface area contributed by atoms with Gasteiger partial charge in [-0.25, -0.2) is 0 Å². The van der Waals surface area contributed by atoms with E-state index in [-0.39, 0.29) is 28.6 Å². The first-order valence-electron chi connectivity index (χ1n) is 7.60. The van der Waals surface area contributed by atoms with Crippen LogP contribution >= 0.6 is 0 Å². The summed E-state index contributed by atoms with van der Waals surface area (Å²) in [5.74, 6) is -0.00323. The average Bonchev–Trinajstić information content (AvgIpc) is 2.48. The number of carbonyl (C=O) groups excluding carboxylic acids is 2. The molecule has 0 saturated carbocycles. The van der Waals surface area contributed by atoms with Crippen molar-refractivity contribution in [2.75, 3.05) is 5.32 Å². The molecule has 0 aliphatic carbocycles. The van der Waals surface area contributed by atoms with Crippen molar-refractivity contribution in [2.24, 2.45) is 0 Å². The molecule has 0 unspecified atom stereocenters. The molecule has 0 bridgehead atoms. The number of hydrogen-bond donors (Lipinski definition) is 2. The van der Waals surface area contributed by atoms with Gasteiger partial charge in [0.15, 0.2) is 5.78 Å². The zero-order chi connectivity index (χ0) is 17.9. The number of Topliss-reactive ketones (excluding diaryl/α,β-unsaturated/α-hetero) is 1. The fourth-order valence-electron chi connectivity index (χ4n) is 2.13. The largest absolute Gasteiger partial charge is 0.507 e. The Bertz CT molecular complexity index is 758. The third kappa shape index (κ3) is 4.59. The van der Waals surface area contributed by atoms with E-state index in [1.165, 1.54) is 25.1 Å². The van der Waals surface area contributed by atoms with Crippen LogP contribution < -0.4 is 10.1 Å². The van der Waals surface area contributed by atoms with Crippen LogP contribution in [0.4, 0.5) is 5.69 Å². The number of nitrogens with one attached hydrogen (secondary N) is 1. The summed E-state index contributed by atoms with van der Waals surface area (Å²) in [6.07, 6.45) is 0. The summed E-state index contributed by atoms with van der Waals surface area (Å²) in [7, 11) is 0. The second kappa shape index (κ2) is 6.74. The van der Waals surface area contributed by atoms with Gasteiger partial charge >= 0.3 is 0 Å². The van der Waals surface area contributed by atoms with Gasteiger partial charge in [0.25, 0.3) is 5.91 Å². The van der Waals surface area contributed by atoms with Gasteiger partial charge in [0.1, 0.15) is 17.1 Å². The molecule has 0 heterocycles. The van der Waals surface area contributed by atoms with Crippen LogP contribution in [0.2, 0.25) is 0 Å². The number of ether oxygens (including phenoxy) is 1. The minimum Gasteiger partial charge on any atom is -0.507 e. The van der Waals surface area contributed by atoms with Crippen LogP contribution in [0.5, 0.6) is 11.5 Å². The minimum atomic E-state index is -0.308. The molecule has 2 aromatic carbocycles. The summed E-state index contributed by atoms with van der Waals surface area (Å²) >= 11 is 0. The van der Waals surface area contributed by atoms with E-state index in [9.17, 15) is 14.7 Å². The second-order valence-electron chi connectivity index (χ2n) is 6.48. The Balaban J connectivity index is 2.13. The van der Waals surface area contributed by atoms with Gasteiger partial charge in [-0.1, -0.05) is 0 Å². The monoisotopic (exact) mass is 327 g/mol. The van der Waals surface area contributed by atoms with E-state index in [1.807, 2.05) is 20.8 Å². The predicted molar refractivity (Wildman–Crippen MR) is 92.9 cm³/mol. The van der Waals surface area contributed by atoms with Crippen LogP contribution in [0.3, 0.4) is 0 Å².